The van der Waals surface area contributed by atoms with Gasteiger partial charge in [-0.1, -0.05) is 30.3 Å². The summed E-state index contributed by atoms with van der Waals surface area (Å²) >= 11 is 0. The van der Waals surface area contributed by atoms with Crippen molar-refractivity contribution in [3.05, 3.63) is 47.9 Å². The highest BCUT2D eigenvalue weighted by atomic mass is 16.4. The number of carboxylic acids is 1. The molecular weight excluding hydrogens is 244 g/mol. The van der Waals surface area contributed by atoms with Crippen LogP contribution in [0.5, 0.6) is 0 Å². The van der Waals surface area contributed by atoms with Gasteiger partial charge in [-0.25, -0.2) is 4.79 Å². The van der Waals surface area contributed by atoms with E-state index in [1.54, 1.807) is 0 Å². The van der Waals surface area contributed by atoms with E-state index in [0.29, 0.717) is 0 Å². The number of benzene rings is 1. The Kier molecular flexibility index (Phi) is 4.18. The summed E-state index contributed by atoms with van der Waals surface area (Å²) in [4.78, 5) is 14.5. The average molecular weight is 260 g/mol. The molecule has 2 rings (SSSR count). The van der Waals surface area contributed by atoms with E-state index in [-0.39, 0.29) is 17.8 Å². The van der Waals surface area contributed by atoms with Crippen LogP contribution >= 0.6 is 0 Å². The monoisotopic (exact) mass is 260 g/mol. The molecule has 1 heterocycles. The van der Waals surface area contributed by atoms with Crippen LogP contribution in [-0.4, -0.2) is 22.1 Å². The number of carbonyl (C=O) groups is 1. The van der Waals surface area contributed by atoms with Crippen molar-refractivity contribution in [2.24, 2.45) is 0 Å². The summed E-state index contributed by atoms with van der Waals surface area (Å²) in [7, 11) is 0. The number of aryl methyl sites for hydroxylation is 1. The Balaban J connectivity index is 1.83. The van der Waals surface area contributed by atoms with Crippen LogP contribution in [0.25, 0.3) is 0 Å². The normalized spacial score (nSPS) is 12.1. The highest BCUT2D eigenvalue weighted by molar-refractivity contribution is 5.85. The number of hydrogen-bond acceptors (Lipinski definition) is 4. The second-order valence-corrected chi connectivity index (χ2v) is 4.41. The molecule has 0 saturated heterocycles. The van der Waals surface area contributed by atoms with Crippen LogP contribution in [0, 0.1) is 0 Å². The third-order valence-electron chi connectivity index (χ3n) is 2.80. The molecule has 0 aliphatic carbocycles. The zero-order valence-corrected chi connectivity index (χ0v) is 10.7. The van der Waals surface area contributed by atoms with Gasteiger partial charge in [0.15, 0.2) is 5.69 Å². The fourth-order valence-corrected chi connectivity index (χ4v) is 1.75. The molecule has 1 unspecified atom stereocenters. The maximum absolute atomic E-state index is 10.7. The molecule has 0 aliphatic rings. The standard InChI is InChI=1S/C14H16N2O3/c1-10(7-8-11-5-3-2-4-6-11)15-14-16-12(9-19-14)13(17)18/h2-6,9-10H,7-8H2,1H3,(H,15,16)(H,17,18). The van der Waals surface area contributed by atoms with Crippen LogP contribution in [0.3, 0.4) is 0 Å². The maximum Gasteiger partial charge on any atom is 0.357 e. The summed E-state index contributed by atoms with van der Waals surface area (Å²) in [5.41, 5.74) is 1.19. The minimum absolute atomic E-state index is 0.0854. The third-order valence-corrected chi connectivity index (χ3v) is 2.80. The first-order valence-electron chi connectivity index (χ1n) is 6.14. The van der Waals surface area contributed by atoms with E-state index in [9.17, 15) is 4.79 Å². The molecule has 0 saturated carbocycles. The second kappa shape index (κ2) is 6.04. The number of carboxylic acid groups (broad SMARTS) is 1. The molecule has 0 bridgehead atoms. The summed E-state index contributed by atoms with van der Waals surface area (Å²) in [6.07, 6.45) is 2.99. The van der Waals surface area contributed by atoms with Gasteiger partial charge in [0.2, 0.25) is 0 Å². The second-order valence-electron chi connectivity index (χ2n) is 4.41. The first-order valence-corrected chi connectivity index (χ1v) is 6.14. The average Bonchev–Trinajstić information content (AvgIpc) is 2.86. The molecule has 0 radical (unpaired) electrons. The lowest BCUT2D eigenvalue weighted by Gasteiger charge is -2.11. The first kappa shape index (κ1) is 13.1. The summed E-state index contributed by atoms with van der Waals surface area (Å²) in [6, 6.07) is 10.6. The van der Waals surface area contributed by atoms with Crippen molar-refractivity contribution in [2.45, 2.75) is 25.8 Å². The van der Waals surface area contributed by atoms with E-state index in [1.165, 1.54) is 5.56 Å². The highest BCUT2D eigenvalue weighted by Gasteiger charge is 2.12. The van der Waals surface area contributed by atoms with Crippen LogP contribution in [0.15, 0.2) is 41.0 Å². The number of nitrogens with one attached hydrogen (secondary N) is 1. The molecule has 5 nitrogen and oxygen atoms in total. The number of oxazole rings is 1. The summed E-state index contributed by atoms with van der Waals surface area (Å²) in [5, 5.41) is 11.8. The zero-order valence-electron chi connectivity index (χ0n) is 10.7. The van der Waals surface area contributed by atoms with Crippen LogP contribution in [0.1, 0.15) is 29.4 Å². The SMILES string of the molecule is CC(CCc1ccccc1)Nc1nc(C(=O)O)co1. The number of aromatic nitrogens is 1. The molecule has 1 aromatic carbocycles. The Labute approximate surface area is 111 Å². The quantitative estimate of drug-likeness (QED) is 0.835. The van der Waals surface area contributed by atoms with E-state index in [1.807, 2.05) is 25.1 Å². The Bertz CT molecular complexity index is 537. The molecule has 100 valence electrons. The van der Waals surface area contributed by atoms with Gasteiger partial charge in [0, 0.05) is 6.04 Å². The van der Waals surface area contributed by atoms with Gasteiger partial charge in [0.25, 0.3) is 6.01 Å². The van der Waals surface area contributed by atoms with Gasteiger partial charge in [-0.05, 0) is 25.3 Å². The summed E-state index contributed by atoms with van der Waals surface area (Å²) < 4.78 is 5.05. The molecular formula is C14H16N2O3. The predicted molar refractivity (Wildman–Crippen MR) is 71.3 cm³/mol. The van der Waals surface area contributed by atoms with E-state index in [4.69, 9.17) is 9.52 Å². The number of hydrogen-bond donors (Lipinski definition) is 2. The van der Waals surface area contributed by atoms with Crippen molar-refractivity contribution in [1.82, 2.24) is 4.98 Å². The van der Waals surface area contributed by atoms with Crippen LogP contribution in [0.4, 0.5) is 6.01 Å². The van der Waals surface area contributed by atoms with Gasteiger partial charge in [-0.15, -0.1) is 0 Å². The number of rotatable bonds is 6. The number of nitrogens with zero attached hydrogens (tertiary/aromatic N) is 1. The molecule has 0 aliphatic heterocycles. The lowest BCUT2D eigenvalue weighted by Crippen LogP contribution is -2.16. The van der Waals surface area contributed by atoms with Crippen molar-refractivity contribution >= 4 is 12.0 Å². The van der Waals surface area contributed by atoms with Gasteiger partial charge in [-0.2, -0.15) is 4.98 Å². The number of aromatic carboxylic acids is 1. The van der Waals surface area contributed by atoms with Crippen LogP contribution < -0.4 is 5.32 Å². The smallest absolute Gasteiger partial charge is 0.357 e. The molecule has 1 atom stereocenters. The van der Waals surface area contributed by atoms with Crippen molar-refractivity contribution in [1.29, 1.82) is 0 Å². The first-order chi connectivity index (χ1) is 9.15. The minimum atomic E-state index is -1.09. The van der Waals surface area contributed by atoms with Gasteiger partial charge in [0.05, 0.1) is 0 Å². The van der Waals surface area contributed by atoms with Gasteiger partial charge in [0.1, 0.15) is 6.26 Å². The predicted octanol–water partition coefficient (Wildman–Crippen LogP) is 2.81. The van der Waals surface area contributed by atoms with Gasteiger partial charge >= 0.3 is 5.97 Å². The highest BCUT2D eigenvalue weighted by Crippen LogP contribution is 2.12. The summed E-state index contributed by atoms with van der Waals surface area (Å²) in [5.74, 6) is -1.09. The summed E-state index contributed by atoms with van der Waals surface area (Å²) in [6.45, 7) is 2.01. The third kappa shape index (κ3) is 3.84. The molecule has 1 aromatic heterocycles. The van der Waals surface area contributed by atoms with Gasteiger partial charge in [-0.3, -0.25) is 0 Å². The van der Waals surface area contributed by atoms with E-state index < -0.39 is 5.97 Å². The zero-order chi connectivity index (χ0) is 13.7. The van der Waals surface area contributed by atoms with Crippen molar-refractivity contribution in [3.8, 4) is 0 Å². The maximum atomic E-state index is 10.7. The van der Waals surface area contributed by atoms with Crippen molar-refractivity contribution in [3.63, 3.8) is 0 Å². The largest absolute Gasteiger partial charge is 0.476 e. The number of anilines is 1. The van der Waals surface area contributed by atoms with E-state index >= 15 is 0 Å². The molecule has 5 heteroatoms. The molecule has 0 fully saturated rings. The molecule has 2 N–H and O–H groups in total. The molecule has 0 amide bonds. The van der Waals surface area contributed by atoms with Crippen LogP contribution in [0.2, 0.25) is 0 Å². The van der Waals surface area contributed by atoms with E-state index in [2.05, 4.69) is 22.4 Å². The molecule has 2 aromatic rings. The Morgan fingerprint density at radius 2 is 2.16 bits per heavy atom. The van der Waals surface area contributed by atoms with E-state index in [0.717, 1.165) is 19.1 Å². The Morgan fingerprint density at radius 1 is 1.42 bits per heavy atom. The minimum Gasteiger partial charge on any atom is -0.476 e. The fraction of sp³-hybridized carbons (Fsp3) is 0.286. The lowest BCUT2D eigenvalue weighted by molar-refractivity contribution is 0.0690. The van der Waals surface area contributed by atoms with Crippen LogP contribution in [-0.2, 0) is 6.42 Å². The topological polar surface area (TPSA) is 75.4 Å². The molecule has 19 heavy (non-hydrogen) atoms. The van der Waals surface area contributed by atoms with Crippen molar-refractivity contribution in [2.75, 3.05) is 5.32 Å². The lowest BCUT2D eigenvalue weighted by atomic mass is 10.1. The van der Waals surface area contributed by atoms with Gasteiger partial charge < -0.3 is 14.8 Å². The Hall–Kier alpha value is -2.30. The Morgan fingerprint density at radius 3 is 2.79 bits per heavy atom. The van der Waals surface area contributed by atoms with Crippen molar-refractivity contribution < 1.29 is 14.3 Å². The molecule has 0 spiro atoms. The fourth-order valence-electron chi connectivity index (χ4n) is 1.75.